The van der Waals surface area contributed by atoms with Crippen molar-refractivity contribution in [2.75, 3.05) is 11.1 Å². The topological polar surface area (TPSA) is 105 Å². The first-order valence-corrected chi connectivity index (χ1v) is 8.55. The zero-order chi connectivity index (χ0) is 19.9. The highest BCUT2D eigenvalue weighted by atomic mass is 16.1. The third-order valence-electron chi connectivity index (χ3n) is 3.99. The second kappa shape index (κ2) is 8.48. The minimum atomic E-state index is -0.274. The summed E-state index contributed by atoms with van der Waals surface area (Å²) in [5.74, 6) is 5.64. The van der Waals surface area contributed by atoms with Gasteiger partial charge in [-0.25, -0.2) is 9.97 Å². The highest BCUT2D eigenvalue weighted by Crippen LogP contribution is 2.17. The van der Waals surface area contributed by atoms with E-state index in [0.29, 0.717) is 16.8 Å². The largest absolute Gasteiger partial charge is 0.368 e. The number of benzene rings is 2. The van der Waals surface area contributed by atoms with Crippen molar-refractivity contribution < 1.29 is 4.79 Å². The number of nitrogens with zero attached hydrogens (tertiary/aromatic N) is 3. The molecule has 136 valence electrons. The van der Waals surface area contributed by atoms with Gasteiger partial charge in [0.25, 0.3) is 5.91 Å². The van der Waals surface area contributed by atoms with Gasteiger partial charge in [0.15, 0.2) is 0 Å². The van der Waals surface area contributed by atoms with Crippen molar-refractivity contribution in [3.63, 3.8) is 0 Å². The Morgan fingerprint density at radius 1 is 1.07 bits per heavy atom. The summed E-state index contributed by atoms with van der Waals surface area (Å²) in [6, 6.07) is 16.5. The maximum absolute atomic E-state index is 12.5. The monoisotopic (exact) mass is 367 g/mol. The first-order valence-electron chi connectivity index (χ1n) is 8.55. The summed E-state index contributed by atoms with van der Waals surface area (Å²) < 4.78 is 0. The molecule has 0 fully saturated rings. The van der Waals surface area contributed by atoms with E-state index in [1.165, 1.54) is 0 Å². The zero-order valence-electron chi connectivity index (χ0n) is 15.2. The molecule has 0 saturated carbocycles. The fourth-order valence-corrected chi connectivity index (χ4v) is 2.45. The van der Waals surface area contributed by atoms with E-state index in [9.17, 15) is 4.79 Å². The van der Waals surface area contributed by atoms with E-state index in [2.05, 4.69) is 33.2 Å². The standard InChI is InChI=1S/C22H17N5O/c1-15(12-23)18-5-3-6-19(11-18)21(28)27-20-7-2-4-16(10-20)8-9-17-13-25-22(24)26-14-17/h2-7,10-11,13-15H,1H3,(H,27,28)(H2,24,25,26). The minimum absolute atomic E-state index is 0.198. The highest BCUT2D eigenvalue weighted by molar-refractivity contribution is 6.04. The fraction of sp³-hybridized carbons (Fsp3) is 0.0909. The summed E-state index contributed by atoms with van der Waals surface area (Å²) in [6.45, 7) is 1.80. The van der Waals surface area contributed by atoms with Gasteiger partial charge < -0.3 is 11.1 Å². The molecule has 6 nitrogen and oxygen atoms in total. The van der Waals surface area contributed by atoms with Crippen molar-refractivity contribution in [1.29, 1.82) is 5.26 Å². The summed E-state index contributed by atoms with van der Waals surface area (Å²) >= 11 is 0. The summed E-state index contributed by atoms with van der Waals surface area (Å²) in [4.78, 5) is 20.3. The van der Waals surface area contributed by atoms with Gasteiger partial charge in [-0.15, -0.1) is 0 Å². The lowest BCUT2D eigenvalue weighted by Gasteiger charge is -2.08. The number of carbonyl (C=O) groups excluding carboxylic acids is 1. The lowest BCUT2D eigenvalue weighted by molar-refractivity contribution is 0.102. The molecule has 0 aliphatic carbocycles. The average Bonchev–Trinajstić information content (AvgIpc) is 2.73. The molecule has 1 heterocycles. The Hall–Kier alpha value is -4.16. The average molecular weight is 367 g/mol. The third kappa shape index (κ3) is 4.72. The van der Waals surface area contributed by atoms with Gasteiger partial charge in [-0.2, -0.15) is 5.26 Å². The van der Waals surface area contributed by atoms with Crippen molar-refractivity contribution >= 4 is 17.5 Å². The molecule has 1 amide bonds. The molecule has 1 aromatic heterocycles. The number of anilines is 2. The number of hydrogen-bond donors (Lipinski definition) is 2. The van der Waals surface area contributed by atoms with Crippen LogP contribution in [0.5, 0.6) is 0 Å². The lowest BCUT2D eigenvalue weighted by Crippen LogP contribution is -2.12. The van der Waals surface area contributed by atoms with Crippen LogP contribution < -0.4 is 11.1 Å². The number of rotatable bonds is 3. The molecular formula is C22H17N5O. The van der Waals surface area contributed by atoms with E-state index < -0.39 is 0 Å². The van der Waals surface area contributed by atoms with Crippen LogP contribution in [-0.4, -0.2) is 15.9 Å². The van der Waals surface area contributed by atoms with Gasteiger partial charge >= 0.3 is 0 Å². The maximum atomic E-state index is 12.5. The normalized spacial score (nSPS) is 10.9. The molecule has 0 spiro atoms. The first-order chi connectivity index (χ1) is 13.5. The van der Waals surface area contributed by atoms with E-state index in [-0.39, 0.29) is 17.8 Å². The van der Waals surface area contributed by atoms with Crippen LogP contribution >= 0.6 is 0 Å². The number of aromatic nitrogens is 2. The molecule has 3 aromatic rings. The number of nitrogens with two attached hydrogens (primary N) is 1. The number of nitrogen functional groups attached to an aromatic ring is 1. The van der Waals surface area contributed by atoms with Crippen LogP contribution in [0.3, 0.4) is 0 Å². The van der Waals surface area contributed by atoms with Crippen LogP contribution in [-0.2, 0) is 0 Å². The van der Waals surface area contributed by atoms with E-state index >= 15 is 0 Å². The predicted molar refractivity (Wildman–Crippen MR) is 107 cm³/mol. The molecule has 2 aromatic carbocycles. The quantitative estimate of drug-likeness (QED) is 0.691. The number of hydrogen-bond acceptors (Lipinski definition) is 5. The molecular weight excluding hydrogens is 350 g/mol. The lowest BCUT2D eigenvalue weighted by atomic mass is 10.0. The first kappa shape index (κ1) is 18.6. The number of amides is 1. The van der Waals surface area contributed by atoms with Gasteiger partial charge in [-0.05, 0) is 42.8 Å². The molecule has 1 unspecified atom stereocenters. The van der Waals surface area contributed by atoms with Crippen LogP contribution in [0.4, 0.5) is 11.6 Å². The number of carbonyl (C=O) groups is 1. The SMILES string of the molecule is CC(C#N)c1cccc(C(=O)Nc2cccc(C#Cc3cnc(N)nc3)c2)c1. The Kier molecular flexibility index (Phi) is 5.64. The van der Waals surface area contributed by atoms with Gasteiger partial charge in [0.2, 0.25) is 5.95 Å². The Labute approximate surface area is 163 Å². The van der Waals surface area contributed by atoms with E-state index in [0.717, 1.165) is 11.1 Å². The molecule has 0 bridgehead atoms. The fourth-order valence-electron chi connectivity index (χ4n) is 2.45. The molecule has 1 atom stereocenters. The summed E-state index contributed by atoms with van der Waals surface area (Å²) in [5.41, 5.74) is 8.77. The van der Waals surface area contributed by atoms with Gasteiger partial charge in [0.1, 0.15) is 0 Å². The van der Waals surface area contributed by atoms with Gasteiger partial charge in [-0.1, -0.05) is 30.0 Å². The van der Waals surface area contributed by atoms with Crippen LogP contribution in [0, 0.1) is 23.2 Å². The number of nitrogens with one attached hydrogen (secondary N) is 1. The molecule has 0 saturated heterocycles. The predicted octanol–water partition coefficient (Wildman–Crippen LogP) is 3.34. The maximum Gasteiger partial charge on any atom is 0.255 e. The molecule has 3 N–H and O–H groups in total. The second-order valence-electron chi connectivity index (χ2n) is 6.09. The molecule has 0 aliphatic heterocycles. The van der Waals surface area contributed by atoms with E-state index in [1.54, 1.807) is 49.6 Å². The molecule has 28 heavy (non-hydrogen) atoms. The van der Waals surface area contributed by atoms with Gasteiger partial charge in [0, 0.05) is 29.2 Å². The Morgan fingerprint density at radius 3 is 2.54 bits per heavy atom. The Morgan fingerprint density at radius 2 is 1.79 bits per heavy atom. The highest BCUT2D eigenvalue weighted by Gasteiger charge is 2.10. The van der Waals surface area contributed by atoms with Crippen LogP contribution in [0.25, 0.3) is 0 Å². The van der Waals surface area contributed by atoms with Crippen molar-refractivity contribution in [2.24, 2.45) is 0 Å². The van der Waals surface area contributed by atoms with Crippen molar-refractivity contribution in [3.05, 3.63) is 83.2 Å². The van der Waals surface area contributed by atoms with Gasteiger partial charge in [-0.3, -0.25) is 4.79 Å². The Bertz CT molecular complexity index is 1100. The third-order valence-corrected chi connectivity index (χ3v) is 3.99. The van der Waals surface area contributed by atoms with Gasteiger partial charge in [0.05, 0.1) is 17.6 Å². The van der Waals surface area contributed by atoms with E-state index in [1.807, 2.05) is 18.2 Å². The molecule has 0 aliphatic rings. The Balaban J connectivity index is 1.75. The van der Waals surface area contributed by atoms with Crippen LogP contribution in [0.15, 0.2) is 60.9 Å². The van der Waals surface area contributed by atoms with Crippen molar-refractivity contribution in [1.82, 2.24) is 9.97 Å². The van der Waals surface area contributed by atoms with E-state index in [4.69, 9.17) is 11.0 Å². The van der Waals surface area contributed by atoms with Crippen LogP contribution in [0.1, 0.15) is 39.9 Å². The minimum Gasteiger partial charge on any atom is -0.368 e. The molecule has 0 radical (unpaired) electrons. The summed E-state index contributed by atoms with van der Waals surface area (Å²) in [7, 11) is 0. The molecule has 3 rings (SSSR count). The second-order valence-corrected chi connectivity index (χ2v) is 6.09. The zero-order valence-corrected chi connectivity index (χ0v) is 15.2. The van der Waals surface area contributed by atoms with Crippen molar-refractivity contribution in [2.45, 2.75) is 12.8 Å². The smallest absolute Gasteiger partial charge is 0.255 e. The number of nitriles is 1. The molecule has 6 heteroatoms. The van der Waals surface area contributed by atoms with Crippen LogP contribution in [0.2, 0.25) is 0 Å². The summed E-state index contributed by atoms with van der Waals surface area (Å²) in [5, 5.41) is 11.9. The summed E-state index contributed by atoms with van der Waals surface area (Å²) in [6.07, 6.45) is 3.10. The van der Waals surface area contributed by atoms with Crippen molar-refractivity contribution in [3.8, 4) is 17.9 Å².